The van der Waals surface area contributed by atoms with Crippen molar-refractivity contribution in [3.05, 3.63) is 94.0 Å². The Morgan fingerprint density at radius 2 is 1.73 bits per heavy atom. The van der Waals surface area contributed by atoms with Gasteiger partial charge in [0.05, 0.1) is 29.9 Å². The molecule has 0 N–H and O–H groups in total. The van der Waals surface area contributed by atoms with Crippen LogP contribution in [-0.4, -0.2) is 6.61 Å². The van der Waals surface area contributed by atoms with Crippen LogP contribution in [0.2, 0.25) is 5.02 Å². The van der Waals surface area contributed by atoms with Gasteiger partial charge in [-0.05, 0) is 54.5 Å². The summed E-state index contributed by atoms with van der Waals surface area (Å²) in [5, 5.41) is 19.2. The molecule has 5 heteroatoms. The molecule has 30 heavy (non-hydrogen) atoms. The Balaban J connectivity index is 1.86. The van der Waals surface area contributed by atoms with Gasteiger partial charge < -0.3 is 9.47 Å². The second-order valence-electron chi connectivity index (χ2n) is 6.38. The van der Waals surface area contributed by atoms with Gasteiger partial charge in [0.1, 0.15) is 6.61 Å². The maximum absolute atomic E-state index is 9.58. The van der Waals surface area contributed by atoms with Crippen molar-refractivity contribution in [1.29, 1.82) is 10.5 Å². The van der Waals surface area contributed by atoms with Crippen LogP contribution in [0.15, 0.2) is 66.7 Å². The highest BCUT2D eigenvalue weighted by molar-refractivity contribution is 6.31. The lowest BCUT2D eigenvalue weighted by atomic mass is 10.0. The first kappa shape index (κ1) is 21.0. The first-order valence-electron chi connectivity index (χ1n) is 9.40. The van der Waals surface area contributed by atoms with Crippen molar-refractivity contribution in [1.82, 2.24) is 0 Å². The lowest BCUT2D eigenvalue weighted by molar-refractivity contribution is 0.269. The Morgan fingerprint density at radius 3 is 2.40 bits per heavy atom. The molecule has 0 saturated heterocycles. The van der Waals surface area contributed by atoms with Crippen LogP contribution in [0, 0.1) is 22.7 Å². The van der Waals surface area contributed by atoms with E-state index in [9.17, 15) is 5.26 Å². The summed E-state index contributed by atoms with van der Waals surface area (Å²) in [5.41, 5.74) is 3.48. The smallest absolute Gasteiger partial charge is 0.161 e. The zero-order chi connectivity index (χ0) is 21.3. The number of nitrogens with zero attached hydrogens (tertiary/aromatic N) is 2. The van der Waals surface area contributed by atoms with Crippen LogP contribution in [0.1, 0.15) is 29.2 Å². The van der Waals surface area contributed by atoms with Gasteiger partial charge >= 0.3 is 0 Å². The molecular formula is C25H19ClN2O2. The van der Waals surface area contributed by atoms with Gasteiger partial charge in [-0.2, -0.15) is 10.5 Å². The summed E-state index contributed by atoms with van der Waals surface area (Å²) >= 11 is 6.20. The number of halogens is 1. The van der Waals surface area contributed by atoms with E-state index in [-0.39, 0.29) is 0 Å². The van der Waals surface area contributed by atoms with Crippen LogP contribution in [0.5, 0.6) is 11.5 Å². The normalized spacial score (nSPS) is 10.7. The Bertz CT molecular complexity index is 1140. The molecule has 3 aromatic carbocycles. The van der Waals surface area contributed by atoms with Crippen molar-refractivity contribution < 1.29 is 9.47 Å². The van der Waals surface area contributed by atoms with Crippen molar-refractivity contribution in [2.24, 2.45) is 0 Å². The predicted molar refractivity (Wildman–Crippen MR) is 118 cm³/mol. The lowest BCUT2D eigenvalue weighted by Crippen LogP contribution is -2.00. The number of benzene rings is 3. The summed E-state index contributed by atoms with van der Waals surface area (Å²) in [6.45, 7) is 2.71. The molecule has 0 saturated carbocycles. The predicted octanol–water partition coefficient (Wildman–Crippen LogP) is 6.25. The number of nitriles is 2. The van der Waals surface area contributed by atoms with E-state index in [4.69, 9.17) is 26.3 Å². The van der Waals surface area contributed by atoms with Crippen molar-refractivity contribution in [3.8, 4) is 23.6 Å². The number of hydrogen-bond acceptors (Lipinski definition) is 4. The van der Waals surface area contributed by atoms with E-state index in [1.165, 1.54) is 0 Å². The van der Waals surface area contributed by atoms with Gasteiger partial charge in [0.15, 0.2) is 11.5 Å². The van der Waals surface area contributed by atoms with E-state index in [1.54, 1.807) is 30.3 Å². The van der Waals surface area contributed by atoms with Crippen molar-refractivity contribution in [2.75, 3.05) is 6.61 Å². The molecule has 0 aromatic heterocycles. The second kappa shape index (κ2) is 10.2. The van der Waals surface area contributed by atoms with Crippen molar-refractivity contribution >= 4 is 23.3 Å². The molecule has 3 aromatic rings. The standard InChI is InChI=1S/C25H19ClN2O2/c1-2-29-25-14-19(13-22(16-28)20-10-7-18(15-27)8-11-20)9-12-24(25)30-17-21-5-3-4-6-23(21)26/h3-14H,2,17H2,1H3/b22-13-. The lowest BCUT2D eigenvalue weighted by Gasteiger charge is -2.13. The molecule has 0 unspecified atom stereocenters. The fourth-order valence-electron chi connectivity index (χ4n) is 2.84. The molecule has 0 aliphatic carbocycles. The van der Waals surface area contributed by atoms with E-state index in [2.05, 4.69) is 12.1 Å². The molecule has 3 rings (SSSR count). The number of ether oxygens (including phenoxy) is 2. The summed E-state index contributed by atoms with van der Waals surface area (Å²) in [5.74, 6) is 1.20. The summed E-state index contributed by atoms with van der Waals surface area (Å²) in [6.07, 6.45) is 1.78. The second-order valence-corrected chi connectivity index (χ2v) is 6.79. The van der Waals surface area contributed by atoms with Crippen LogP contribution < -0.4 is 9.47 Å². The Kier molecular flexibility index (Phi) is 7.11. The average molecular weight is 415 g/mol. The van der Waals surface area contributed by atoms with Gasteiger partial charge in [-0.1, -0.05) is 48.0 Å². The van der Waals surface area contributed by atoms with E-state index in [1.807, 2.05) is 49.4 Å². The van der Waals surface area contributed by atoms with Crippen molar-refractivity contribution in [3.63, 3.8) is 0 Å². The minimum absolute atomic E-state index is 0.323. The summed E-state index contributed by atoms with van der Waals surface area (Å²) in [4.78, 5) is 0. The SMILES string of the molecule is CCOc1cc(/C=C(/C#N)c2ccc(C#N)cc2)ccc1OCc1ccccc1Cl. The van der Waals surface area contributed by atoms with E-state index < -0.39 is 0 Å². The van der Waals surface area contributed by atoms with Gasteiger partial charge in [0, 0.05) is 10.6 Å². The molecule has 0 spiro atoms. The molecule has 4 nitrogen and oxygen atoms in total. The minimum atomic E-state index is 0.323. The molecule has 0 fully saturated rings. The minimum Gasteiger partial charge on any atom is -0.490 e. The Hall–Kier alpha value is -3.73. The molecule has 0 aliphatic rings. The van der Waals surface area contributed by atoms with E-state index in [0.717, 1.165) is 16.7 Å². The van der Waals surface area contributed by atoms with E-state index >= 15 is 0 Å². The highest BCUT2D eigenvalue weighted by Gasteiger charge is 2.09. The first-order valence-corrected chi connectivity index (χ1v) is 9.77. The fraction of sp³-hybridized carbons (Fsp3) is 0.120. The summed E-state index contributed by atoms with van der Waals surface area (Å²) in [7, 11) is 0. The molecule has 148 valence electrons. The van der Waals surface area contributed by atoms with E-state index in [0.29, 0.717) is 40.9 Å². The van der Waals surface area contributed by atoms with Gasteiger partial charge in [0.25, 0.3) is 0 Å². The topological polar surface area (TPSA) is 66.0 Å². The molecule has 0 atom stereocenters. The third kappa shape index (κ3) is 5.20. The third-order valence-corrected chi connectivity index (χ3v) is 4.73. The Morgan fingerprint density at radius 1 is 0.967 bits per heavy atom. The summed E-state index contributed by atoms with van der Waals surface area (Å²) < 4.78 is 11.7. The van der Waals surface area contributed by atoms with Crippen LogP contribution in [0.25, 0.3) is 11.6 Å². The monoisotopic (exact) mass is 414 g/mol. The largest absolute Gasteiger partial charge is 0.490 e. The van der Waals surface area contributed by atoms with Crippen molar-refractivity contribution in [2.45, 2.75) is 13.5 Å². The van der Waals surface area contributed by atoms with Gasteiger partial charge in [-0.25, -0.2) is 0 Å². The Labute approximate surface area is 181 Å². The van der Waals surface area contributed by atoms with Gasteiger partial charge in [0.2, 0.25) is 0 Å². The third-order valence-electron chi connectivity index (χ3n) is 4.37. The van der Waals surface area contributed by atoms with Gasteiger partial charge in [-0.15, -0.1) is 0 Å². The fourth-order valence-corrected chi connectivity index (χ4v) is 3.03. The van der Waals surface area contributed by atoms with Gasteiger partial charge in [-0.3, -0.25) is 0 Å². The van der Waals surface area contributed by atoms with Crippen LogP contribution in [0.4, 0.5) is 0 Å². The maximum atomic E-state index is 9.58. The molecule has 0 heterocycles. The zero-order valence-electron chi connectivity index (χ0n) is 16.4. The highest BCUT2D eigenvalue weighted by Crippen LogP contribution is 2.31. The van der Waals surface area contributed by atoms with Crippen LogP contribution in [0.3, 0.4) is 0 Å². The number of rotatable bonds is 7. The highest BCUT2D eigenvalue weighted by atomic mass is 35.5. The maximum Gasteiger partial charge on any atom is 0.161 e. The molecule has 0 bridgehead atoms. The van der Waals surface area contributed by atoms with Crippen LogP contribution in [-0.2, 0) is 6.61 Å². The zero-order valence-corrected chi connectivity index (χ0v) is 17.2. The quantitative estimate of drug-likeness (QED) is 0.338. The molecule has 0 radical (unpaired) electrons. The average Bonchev–Trinajstić information content (AvgIpc) is 2.78. The molecule has 0 amide bonds. The number of allylic oxidation sites excluding steroid dienone is 1. The molecule has 0 aliphatic heterocycles. The van der Waals surface area contributed by atoms with Crippen LogP contribution >= 0.6 is 11.6 Å². The molecular weight excluding hydrogens is 396 g/mol. The first-order chi connectivity index (χ1) is 14.6. The number of hydrogen-bond donors (Lipinski definition) is 0. The summed E-state index contributed by atoms with van der Waals surface area (Å²) in [6, 6.07) is 24.2.